The second kappa shape index (κ2) is 10.2. The monoisotopic (exact) mass is 668 g/mol. The summed E-state index contributed by atoms with van der Waals surface area (Å²) in [5.41, 5.74) is 9.15. The first kappa shape index (κ1) is 27.6. The molecule has 8 aromatic carbocycles. The molecule has 0 aliphatic heterocycles. The van der Waals surface area contributed by atoms with E-state index in [-0.39, 0.29) is 0 Å². The van der Waals surface area contributed by atoms with Crippen molar-refractivity contribution < 1.29 is 8.83 Å². The lowest BCUT2D eigenvalue weighted by Gasteiger charge is -2.18. The summed E-state index contributed by atoms with van der Waals surface area (Å²) in [6, 6.07) is 49.0. The number of thiophene rings is 1. The van der Waals surface area contributed by atoms with Crippen LogP contribution < -0.4 is 0 Å². The van der Waals surface area contributed by atoms with Crippen molar-refractivity contribution in [1.29, 1.82) is 0 Å². The smallest absolute Gasteiger partial charge is 0.135 e. The van der Waals surface area contributed by atoms with Crippen LogP contribution in [0.2, 0.25) is 0 Å². The molecule has 3 aromatic heterocycles. The molecule has 12 rings (SSSR count). The number of hydrogen-bond donors (Lipinski definition) is 0. The molecule has 3 heteroatoms. The fourth-order valence-electron chi connectivity index (χ4n) is 8.95. The molecule has 0 spiro atoms. The first-order valence-electron chi connectivity index (χ1n) is 17.6. The van der Waals surface area contributed by atoms with E-state index in [0.717, 1.165) is 46.1 Å². The van der Waals surface area contributed by atoms with Crippen molar-refractivity contribution in [2.75, 3.05) is 0 Å². The van der Waals surface area contributed by atoms with Crippen LogP contribution in [0.5, 0.6) is 0 Å². The Kier molecular flexibility index (Phi) is 5.52. The third kappa shape index (κ3) is 3.81. The molecule has 0 atom stereocenters. The van der Waals surface area contributed by atoms with Gasteiger partial charge in [-0.2, -0.15) is 0 Å². The number of rotatable bonds is 2. The van der Waals surface area contributed by atoms with E-state index in [4.69, 9.17) is 8.83 Å². The lowest BCUT2D eigenvalue weighted by Crippen LogP contribution is -1.90. The average Bonchev–Trinajstić information content (AvgIpc) is 3.87. The van der Waals surface area contributed by atoms with Gasteiger partial charge in [0.05, 0.1) is 0 Å². The maximum atomic E-state index is 6.29. The van der Waals surface area contributed by atoms with Gasteiger partial charge in [-0.1, -0.05) is 97.1 Å². The van der Waals surface area contributed by atoms with Crippen molar-refractivity contribution in [2.24, 2.45) is 0 Å². The quantitative estimate of drug-likeness (QED) is 0.171. The molecule has 1 aliphatic rings. The SMILES string of the molecule is C1=Cc2oc3ccc4c(ccc5sc6cc(-c7c8ccccc8c(-c8ccc9oc%10ccccc%10c9c8)c8ccccc78)ccc6c54)c3c2CC1. The molecule has 0 N–H and O–H groups in total. The zero-order chi connectivity index (χ0) is 33.2. The Morgan fingerprint density at radius 2 is 1.04 bits per heavy atom. The molecule has 2 nitrogen and oxygen atoms in total. The minimum atomic E-state index is 0.917. The molecular formula is C48H28O2S. The van der Waals surface area contributed by atoms with Crippen LogP contribution >= 0.6 is 11.3 Å². The topological polar surface area (TPSA) is 26.3 Å². The van der Waals surface area contributed by atoms with Gasteiger partial charge in [0.2, 0.25) is 0 Å². The van der Waals surface area contributed by atoms with Gasteiger partial charge in [0.1, 0.15) is 22.5 Å². The number of aryl methyl sites for hydroxylation is 1. The highest BCUT2D eigenvalue weighted by atomic mass is 32.1. The van der Waals surface area contributed by atoms with E-state index in [9.17, 15) is 0 Å². The van der Waals surface area contributed by atoms with Crippen molar-refractivity contribution >= 4 is 103 Å². The molecule has 0 saturated carbocycles. The van der Waals surface area contributed by atoms with E-state index >= 15 is 0 Å². The first-order valence-corrected chi connectivity index (χ1v) is 18.5. The number of allylic oxidation sites excluding steroid dienone is 1. The Morgan fingerprint density at radius 1 is 0.431 bits per heavy atom. The van der Waals surface area contributed by atoms with Gasteiger partial charge in [-0.15, -0.1) is 11.3 Å². The summed E-state index contributed by atoms with van der Waals surface area (Å²) in [5, 5.41) is 13.8. The molecular weight excluding hydrogens is 641 g/mol. The third-order valence-corrected chi connectivity index (χ3v) is 12.2. The molecule has 0 radical (unpaired) electrons. The predicted molar refractivity (Wildman–Crippen MR) is 217 cm³/mol. The molecule has 51 heavy (non-hydrogen) atoms. The zero-order valence-corrected chi connectivity index (χ0v) is 28.3. The number of hydrogen-bond acceptors (Lipinski definition) is 3. The van der Waals surface area contributed by atoms with E-state index < -0.39 is 0 Å². The van der Waals surface area contributed by atoms with Crippen LogP contribution in [0.4, 0.5) is 0 Å². The fraction of sp³-hybridized carbons (Fsp3) is 0.0417. The van der Waals surface area contributed by atoms with E-state index in [1.165, 1.54) is 85.7 Å². The lowest BCUT2D eigenvalue weighted by atomic mass is 9.85. The molecule has 11 aromatic rings. The number of benzene rings is 8. The van der Waals surface area contributed by atoms with Crippen LogP contribution in [-0.2, 0) is 6.42 Å². The van der Waals surface area contributed by atoms with Gasteiger partial charge in [-0.05, 0) is 116 Å². The van der Waals surface area contributed by atoms with Gasteiger partial charge in [-0.25, -0.2) is 0 Å². The lowest BCUT2D eigenvalue weighted by molar-refractivity contribution is 0.595. The van der Waals surface area contributed by atoms with Crippen molar-refractivity contribution in [3.63, 3.8) is 0 Å². The van der Waals surface area contributed by atoms with Crippen molar-refractivity contribution in [3.8, 4) is 22.3 Å². The average molecular weight is 669 g/mol. The maximum Gasteiger partial charge on any atom is 0.135 e. The van der Waals surface area contributed by atoms with E-state index in [0.29, 0.717) is 0 Å². The van der Waals surface area contributed by atoms with E-state index in [1.54, 1.807) is 0 Å². The van der Waals surface area contributed by atoms with Gasteiger partial charge in [-0.3, -0.25) is 0 Å². The zero-order valence-electron chi connectivity index (χ0n) is 27.5. The Hall–Kier alpha value is -6.16. The third-order valence-electron chi connectivity index (χ3n) is 11.1. The Morgan fingerprint density at radius 3 is 1.82 bits per heavy atom. The minimum Gasteiger partial charge on any atom is -0.456 e. The second-order valence-corrected chi connectivity index (χ2v) is 14.9. The summed E-state index contributed by atoms with van der Waals surface area (Å²) in [5.74, 6) is 1.02. The van der Waals surface area contributed by atoms with Crippen LogP contribution in [0.1, 0.15) is 17.7 Å². The highest BCUT2D eigenvalue weighted by Crippen LogP contribution is 2.48. The van der Waals surface area contributed by atoms with Gasteiger partial charge >= 0.3 is 0 Å². The summed E-state index contributed by atoms with van der Waals surface area (Å²) in [6.07, 6.45) is 6.45. The Labute approximate surface area is 296 Å². The Bertz CT molecular complexity index is 3260. The van der Waals surface area contributed by atoms with Crippen molar-refractivity contribution in [2.45, 2.75) is 12.8 Å². The molecule has 0 unspecified atom stereocenters. The van der Waals surface area contributed by atoms with Crippen molar-refractivity contribution in [3.05, 3.63) is 151 Å². The molecule has 1 aliphatic carbocycles. The second-order valence-electron chi connectivity index (χ2n) is 13.8. The largest absolute Gasteiger partial charge is 0.456 e. The first-order chi connectivity index (χ1) is 25.3. The standard InChI is InChI=1S/C48H28O2S/c1-3-12-32-30(10-1)45(27-18-22-41-38(25-27)29-9-5-7-15-39(29)49-41)31-11-2-4-13-33(31)46(32)28-17-19-37-44(26-28)51-43-24-21-34-35(48(37)43)20-23-42-47(34)36-14-6-8-16-40(36)50-42/h1-5,7-13,15-26H,6,14H2. The number of fused-ring (bicyclic) bond motifs is 14. The summed E-state index contributed by atoms with van der Waals surface area (Å²) in [6.45, 7) is 0. The van der Waals surface area contributed by atoms with Crippen LogP contribution in [0.3, 0.4) is 0 Å². The molecule has 0 bridgehead atoms. The summed E-state index contributed by atoms with van der Waals surface area (Å²) < 4.78 is 15.1. The van der Waals surface area contributed by atoms with Gasteiger partial charge in [0.15, 0.2) is 0 Å². The van der Waals surface area contributed by atoms with E-state index in [1.807, 2.05) is 23.5 Å². The van der Waals surface area contributed by atoms with Gasteiger partial charge in [0.25, 0.3) is 0 Å². The number of furan rings is 2. The normalized spacial score (nSPS) is 13.3. The van der Waals surface area contributed by atoms with Gasteiger partial charge in [0, 0.05) is 41.9 Å². The van der Waals surface area contributed by atoms with Crippen LogP contribution in [0.25, 0.3) is 114 Å². The molecule has 0 amide bonds. The molecule has 0 saturated heterocycles. The maximum absolute atomic E-state index is 6.29. The summed E-state index contributed by atoms with van der Waals surface area (Å²) in [7, 11) is 0. The number of para-hydroxylation sites is 1. The summed E-state index contributed by atoms with van der Waals surface area (Å²) >= 11 is 1.89. The van der Waals surface area contributed by atoms with Crippen LogP contribution in [0, 0.1) is 0 Å². The highest BCUT2D eigenvalue weighted by Gasteiger charge is 2.21. The summed E-state index contributed by atoms with van der Waals surface area (Å²) in [4.78, 5) is 0. The van der Waals surface area contributed by atoms with Crippen LogP contribution in [0.15, 0.2) is 148 Å². The molecule has 3 heterocycles. The predicted octanol–water partition coefficient (Wildman–Crippen LogP) is 14.5. The van der Waals surface area contributed by atoms with Crippen LogP contribution in [-0.4, -0.2) is 0 Å². The minimum absolute atomic E-state index is 0.917. The molecule has 0 fully saturated rings. The highest BCUT2D eigenvalue weighted by molar-refractivity contribution is 7.26. The van der Waals surface area contributed by atoms with Crippen molar-refractivity contribution in [1.82, 2.24) is 0 Å². The van der Waals surface area contributed by atoms with E-state index in [2.05, 4.69) is 133 Å². The molecule has 238 valence electrons. The van der Waals surface area contributed by atoms with Gasteiger partial charge < -0.3 is 8.83 Å². The fourth-order valence-corrected chi connectivity index (χ4v) is 10.1. The Balaban J connectivity index is 1.10.